The Morgan fingerprint density at radius 3 is 2.94 bits per heavy atom. The summed E-state index contributed by atoms with van der Waals surface area (Å²) in [4.78, 5) is 5.28. The lowest BCUT2D eigenvalue weighted by Crippen LogP contribution is -1.84. The molecular formula is C12H12N2OS. The minimum atomic E-state index is 0.624. The highest BCUT2D eigenvalue weighted by Gasteiger charge is 2.05. The van der Waals surface area contributed by atoms with Gasteiger partial charge in [0.25, 0.3) is 0 Å². The molecule has 1 heterocycles. The zero-order valence-electron chi connectivity index (χ0n) is 9.18. The number of hydrogen-bond acceptors (Lipinski definition) is 4. The number of hydrogen-bond donors (Lipinski definition) is 0. The largest absolute Gasteiger partial charge is 0.342 e. The Labute approximate surface area is 98.6 Å². The quantitative estimate of drug-likeness (QED) is 0.812. The summed E-state index contributed by atoms with van der Waals surface area (Å²) in [6.07, 6.45) is 5.50. The van der Waals surface area contributed by atoms with Crippen LogP contribution >= 0.6 is 11.8 Å². The van der Waals surface area contributed by atoms with E-state index in [1.54, 1.807) is 11.8 Å². The molecule has 0 unspecified atom stereocenters. The second-order valence-electron chi connectivity index (χ2n) is 3.19. The molecule has 0 bridgehead atoms. The molecule has 4 heteroatoms. The lowest BCUT2D eigenvalue weighted by atomic mass is 10.1. The summed E-state index contributed by atoms with van der Waals surface area (Å²) in [6, 6.07) is 8.12. The first-order valence-electron chi connectivity index (χ1n) is 4.92. The Balaban J connectivity index is 2.41. The summed E-state index contributed by atoms with van der Waals surface area (Å²) in [5.41, 5.74) is 2.15. The van der Waals surface area contributed by atoms with E-state index >= 15 is 0 Å². The highest BCUT2D eigenvalue weighted by Crippen LogP contribution is 2.27. The molecule has 82 valence electrons. The molecule has 3 nitrogen and oxygen atoms in total. The van der Waals surface area contributed by atoms with E-state index in [0.717, 1.165) is 5.56 Å². The Bertz CT molecular complexity index is 491. The summed E-state index contributed by atoms with van der Waals surface area (Å²) in [5.74, 6) is 0.624. The van der Waals surface area contributed by atoms with Crippen molar-refractivity contribution in [1.82, 2.24) is 10.1 Å². The smallest absolute Gasteiger partial charge is 0.214 e. The third-order valence-corrected chi connectivity index (χ3v) is 3.16. The van der Waals surface area contributed by atoms with Gasteiger partial charge in [0.05, 0.1) is 0 Å². The molecular weight excluding hydrogens is 220 g/mol. The summed E-state index contributed by atoms with van der Waals surface area (Å²) in [6.45, 7) is 2.03. The van der Waals surface area contributed by atoms with Gasteiger partial charge in [0, 0.05) is 10.5 Å². The van der Waals surface area contributed by atoms with E-state index in [9.17, 15) is 0 Å². The van der Waals surface area contributed by atoms with Crippen molar-refractivity contribution in [3.05, 3.63) is 42.3 Å². The van der Waals surface area contributed by atoms with Gasteiger partial charge in [0.1, 0.15) is 0 Å². The molecule has 0 saturated heterocycles. The van der Waals surface area contributed by atoms with E-state index < -0.39 is 0 Å². The second-order valence-corrected chi connectivity index (χ2v) is 4.04. The van der Waals surface area contributed by atoms with Crippen LogP contribution in [0, 0.1) is 0 Å². The number of rotatable bonds is 3. The minimum absolute atomic E-state index is 0.624. The van der Waals surface area contributed by atoms with Crippen LogP contribution in [0.4, 0.5) is 0 Å². The molecule has 0 amide bonds. The van der Waals surface area contributed by atoms with Gasteiger partial charge < -0.3 is 4.52 Å². The third-order valence-electron chi connectivity index (χ3n) is 2.25. The Morgan fingerprint density at radius 1 is 1.44 bits per heavy atom. The van der Waals surface area contributed by atoms with Crippen molar-refractivity contribution in [3.8, 4) is 11.4 Å². The van der Waals surface area contributed by atoms with Crippen LogP contribution in [0.25, 0.3) is 16.3 Å². The second kappa shape index (κ2) is 4.99. The predicted octanol–water partition coefficient (Wildman–Crippen LogP) is 3.46. The van der Waals surface area contributed by atoms with Crippen LogP contribution in [0.15, 0.2) is 41.3 Å². The van der Waals surface area contributed by atoms with Crippen molar-refractivity contribution in [3.63, 3.8) is 0 Å². The molecule has 16 heavy (non-hydrogen) atoms. The molecule has 0 N–H and O–H groups in total. The van der Waals surface area contributed by atoms with Crippen molar-refractivity contribution in [2.75, 3.05) is 6.26 Å². The monoisotopic (exact) mass is 232 g/mol. The van der Waals surface area contributed by atoms with Gasteiger partial charge in [-0.3, -0.25) is 0 Å². The lowest BCUT2D eigenvalue weighted by molar-refractivity contribution is 0.419. The Hall–Kier alpha value is -1.55. The van der Waals surface area contributed by atoms with Gasteiger partial charge in [-0.05, 0) is 24.8 Å². The number of aromatic nitrogens is 2. The van der Waals surface area contributed by atoms with Crippen LogP contribution in [0.2, 0.25) is 0 Å². The molecule has 0 spiro atoms. The summed E-state index contributed by atoms with van der Waals surface area (Å²) >= 11 is 1.73. The van der Waals surface area contributed by atoms with Crippen molar-refractivity contribution in [2.24, 2.45) is 0 Å². The lowest BCUT2D eigenvalue weighted by Gasteiger charge is -2.04. The molecule has 0 fully saturated rings. The highest BCUT2D eigenvalue weighted by molar-refractivity contribution is 8.07. The Kier molecular flexibility index (Phi) is 3.41. The predicted molar refractivity (Wildman–Crippen MR) is 66.9 cm³/mol. The number of benzene rings is 1. The average molecular weight is 232 g/mol. The van der Waals surface area contributed by atoms with Gasteiger partial charge in [-0.1, -0.05) is 29.4 Å². The molecule has 0 radical (unpaired) electrons. The van der Waals surface area contributed by atoms with Gasteiger partial charge in [-0.15, -0.1) is 11.8 Å². The number of nitrogens with zero attached hydrogens (tertiary/aromatic N) is 2. The van der Waals surface area contributed by atoms with Crippen LogP contribution in [0.1, 0.15) is 12.5 Å². The van der Waals surface area contributed by atoms with Crippen molar-refractivity contribution in [1.29, 1.82) is 0 Å². The van der Waals surface area contributed by atoms with Crippen molar-refractivity contribution in [2.45, 2.75) is 6.92 Å². The van der Waals surface area contributed by atoms with E-state index in [0.29, 0.717) is 5.82 Å². The molecule has 0 atom stereocenters. The maximum absolute atomic E-state index is 4.74. The number of allylic oxidation sites excluding steroid dienone is 1. The molecule has 2 rings (SSSR count). The zero-order valence-corrected chi connectivity index (χ0v) is 9.99. The molecule has 0 aliphatic carbocycles. The number of thioether (sulfide) groups is 1. The van der Waals surface area contributed by atoms with E-state index in [1.165, 1.54) is 16.9 Å². The van der Waals surface area contributed by atoms with Gasteiger partial charge in [0.2, 0.25) is 12.2 Å². The summed E-state index contributed by atoms with van der Waals surface area (Å²) in [7, 11) is 0. The normalized spacial score (nSPS) is 11.8. The average Bonchev–Trinajstić information content (AvgIpc) is 2.85. The van der Waals surface area contributed by atoms with Crippen LogP contribution in [0.5, 0.6) is 0 Å². The summed E-state index contributed by atoms with van der Waals surface area (Å²) < 4.78 is 4.74. The molecule has 2 aromatic rings. The fraction of sp³-hybridized carbons (Fsp3) is 0.167. The topological polar surface area (TPSA) is 38.9 Å². The van der Waals surface area contributed by atoms with Crippen LogP contribution in [-0.4, -0.2) is 16.4 Å². The van der Waals surface area contributed by atoms with Gasteiger partial charge in [0.15, 0.2) is 0 Å². The standard InChI is InChI=1S/C12H12N2OS/c1-3-11(16-2)9-5-4-6-10(7-9)12-13-8-15-14-12/h3-8H,1-2H3. The van der Waals surface area contributed by atoms with E-state index in [4.69, 9.17) is 4.52 Å². The fourth-order valence-corrected chi connectivity index (χ4v) is 2.11. The zero-order chi connectivity index (χ0) is 11.4. The van der Waals surface area contributed by atoms with Gasteiger partial charge in [-0.25, -0.2) is 0 Å². The first kappa shape index (κ1) is 11.0. The molecule has 0 saturated carbocycles. The fourth-order valence-electron chi connectivity index (χ4n) is 1.51. The molecule has 0 aliphatic rings. The van der Waals surface area contributed by atoms with Crippen LogP contribution in [0.3, 0.4) is 0 Å². The summed E-state index contributed by atoms with van der Waals surface area (Å²) in [5, 5.41) is 3.83. The molecule has 1 aromatic heterocycles. The maximum Gasteiger partial charge on any atom is 0.214 e. The molecule has 1 aromatic carbocycles. The first-order chi connectivity index (χ1) is 7.85. The highest BCUT2D eigenvalue weighted by atomic mass is 32.2. The minimum Gasteiger partial charge on any atom is -0.342 e. The van der Waals surface area contributed by atoms with Crippen LogP contribution < -0.4 is 0 Å². The van der Waals surface area contributed by atoms with Gasteiger partial charge in [-0.2, -0.15) is 4.98 Å². The van der Waals surface area contributed by atoms with Crippen molar-refractivity contribution >= 4 is 16.7 Å². The van der Waals surface area contributed by atoms with Crippen molar-refractivity contribution < 1.29 is 4.52 Å². The van der Waals surface area contributed by atoms with E-state index in [1.807, 2.05) is 19.1 Å². The van der Waals surface area contributed by atoms with Crippen LogP contribution in [-0.2, 0) is 0 Å². The first-order valence-corrected chi connectivity index (χ1v) is 6.15. The Morgan fingerprint density at radius 2 is 2.31 bits per heavy atom. The van der Waals surface area contributed by atoms with Gasteiger partial charge >= 0.3 is 0 Å². The molecule has 0 aliphatic heterocycles. The van der Waals surface area contributed by atoms with E-state index in [-0.39, 0.29) is 0 Å². The third kappa shape index (κ3) is 2.17. The SMILES string of the molecule is CC=C(SC)c1cccc(-c2ncon2)c1. The maximum atomic E-state index is 4.74. The van der Waals surface area contributed by atoms with E-state index in [2.05, 4.69) is 34.6 Å².